The summed E-state index contributed by atoms with van der Waals surface area (Å²) in [4.78, 5) is 13.8. The molecule has 0 aliphatic rings. The van der Waals surface area contributed by atoms with E-state index in [-0.39, 0.29) is 11.7 Å². The Hall–Kier alpha value is -4.10. The van der Waals surface area contributed by atoms with Gasteiger partial charge in [0.05, 0.1) is 6.61 Å². The van der Waals surface area contributed by atoms with Gasteiger partial charge in [-0.3, -0.25) is 9.38 Å². The van der Waals surface area contributed by atoms with Crippen molar-refractivity contribution in [1.29, 1.82) is 0 Å². The van der Waals surface area contributed by atoms with Crippen LogP contribution in [0.25, 0.3) is 27.9 Å². The van der Waals surface area contributed by atoms with Gasteiger partial charge in [-0.25, -0.2) is 9.97 Å². The lowest BCUT2D eigenvalue weighted by molar-refractivity contribution is 0.336. The lowest BCUT2D eigenvalue weighted by atomic mass is 9.91. The summed E-state index contributed by atoms with van der Waals surface area (Å²) in [6, 6.07) is 12.9. The van der Waals surface area contributed by atoms with Gasteiger partial charge < -0.3 is 15.6 Å². The van der Waals surface area contributed by atoms with Crippen molar-refractivity contribution < 1.29 is 9.84 Å². The second-order valence-corrected chi connectivity index (χ2v) is 9.43. The number of ether oxygens (including phenoxy) is 1. The Balaban J connectivity index is 1.76. The molecule has 3 aromatic heterocycles. The van der Waals surface area contributed by atoms with Crippen molar-refractivity contribution in [2.24, 2.45) is 0 Å². The first-order valence-corrected chi connectivity index (χ1v) is 12.5. The number of aromatic nitrogens is 4. The van der Waals surface area contributed by atoms with Crippen molar-refractivity contribution in [3.63, 3.8) is 0 Å². The smallest absolute Gasteiger partial charge is 0.150 e. The molecule has 1 atom stereocenters. The van der Waals surface area contributed by atoms with E-state index >= 15 is 0 Å². The number of imidazole rings is 1. The van der Waals surface area contributed by atoms with Crippen LogP contribution < -0.4 is 10.5 Å². The van der Waals surface area contributed by atoms with Crippen LogP contribution in [-0.4, -0.2) is 31.1 Å². The predicted octanol–water partition coefficient (Wildman–Crippen LogP) is 6.57. The first-order chi connectivity index (χ1) is 17.8. The molecule has 0 bridgehead atoms. The van der Waals surface area contributed by atoms with Crippen molar-refractivity contribution in [2.75, 3.05) is 12.3 Å². The van der Waals surface area contributed by atoms with Gasteiger partial charge in [-0.1, -0.05) is 36.7 Å². The van der Waals surface area contributed by atoms with Crippen LogP contribution in [0.15, 0.2) is 61.1 Å². The highest BCUT2D eigenvalue weighted by Crippen LogP contribution is 2.45. The van der Waals surface area contributed by atoms with Crippen LogP contribution in [0, 0.1) is 13.8 Å². The Morgan fingerprint density at radius 3 is 2.62 bits per heavy atom. The highest BCUT2D eigenvalue weighted by Gasteiger charge is 2.27. The average Bonchev–Trinajstić information content (AvgIpc) is 3.28. The highest BCUT2D eigenvalue weighted by atomic mass is 35.5. The van der Waals surface area contributed by atoms with Crippen LogP contribution in [0.4, 0.5) is 5.82 Å². The number of rotatable bonds is 6. The van der Waals surface area contributed by atoms with Gasteiger partial charge in [0.2, 0.25) is 0 Å². The summed E-state index contributed by atoms with van der Waals surface area (Å²) in [6.07, 6.45) is 5.35. The summed E-state index contributed by atoms with van der Waals surface area (Å²) in [7, 11) is 0. The molecule has 2 aromatic carbocycles. The zero-order chi connectivity index (χ0) is 26.3. The number of halogens is 1. The highest BCUT2D eigenvalue weighted by molar-refractivity contribution is 6.32. The molecule has 188 valence electrons. The Kier molecular flexibility index (Phi) is 6.48. The maximum Gasteiger partial charge on any atom is 0.150 e. The lowest BCUT2D eigenvalue weighted by Crippen LogP contribution is -2.08. The van der Waals surface area contributed by atoms with E-state index in [4.69, 9.17) is 27.1 Å². The molecule has 5 rings (SSSR count). The standard InChI is InChI=1S/C29H28ClN5O2/c1-5-37-27-22(14-23(30)18(4)24(27)20-10-9-16(2)33-15-20)17(3)29-34-25(19-7-6-8-21(36)13-19)26-28(31)32-11-12-35(26)29/h6-15,17,36H,5H2,1-4H3,(H2,31,32). The summed E-state index contributed by atoms with van der Waals surface area (Å²) < 4.78 is 8.23. The molecule has 1 unspecified atom stereocenters. The van der Waals surface area contributed by atoms with Crippen LogP contribution in [-0.2, 0) is 0 Å². The second-order valence-electron chi connectivity index (χ2n) is 9.02. The van der Waals surface area contributed by atoms with E-state index in [1.807, 2.05) is 61.8 Å². The molecular formula is C29H28ClN5O2. The van der Waals surface area contributed by atoms with Gasteiger partial charge in [0.15, 0.2) is 0 Å². The molecule has 7 nitrogen and oxygen atoms in total. The molecule has 0 saturated heterocycles. The van der Waals surface area contributed by atoms with E-state index in [0.717, 1.165) is 45.1 Å². The molecule has 8 heteroatoms. The van der Waals surface area contributed by atoms with Crippen LogP contribution in [0.2, 0.25) is 5.02 Å². The van der Waals surface area contributed by atoms with Crippen molar-refractivity contribution >= 4 is 22.9 Å². The van der Waals surface area contributed by atoms with E-state index in [1.54, 1.807) is 24.4 Å². The van der Waals surface area contributed by atoms with Crippen LogP contribution in [0.1, 0.15) is 42.4 Å². The fourth-order valence-corrected chi connectivity index (χ4v) is 4.93. The molecule has 37 heavy (non-hydrogen) atoms. The number of nitrogens with zero attached hydrogens (tertiary/aromatic N) is 4. The quantitative estimate of drug-likeness (QED) is 0.266. The fraction of sp³-hybridized carbons (Fsp3) is 0.207. The summed E-state index contributed by atoms with van der Waals surface area (Å²) in [5.41, 5.74) is 13.0. The normalized spacial score (nSPS) is 12.1. The third-order valence-corrected chi connectivity index (χ3v) is 6.97. The fourth-order valence-electron chi connectivity index (χ4n) is 4.72. The van der Waals surface area contributed by atoms with E-state index < -0.39 is 0 Å². The minimum Gasteiger partial charge on any atom is -0.508 e. The third kappa shape index (κ3) is 4.36. The van der Waals surface area contributed by atoms with Gasteiger partial charge >= 0.3 is 0 Å². The number of fused-ring (bicyclic) bond motifs is 1. The molecule has 0 radical (unpaired) electrons. The summed E-state index contributed by atoms with van der Waals surface area (Å²) in [5.74, 6) is 1.77. The molecule has 0 aliphatic heterocycles. The summed E-state index contributed by atoms with van der Waals surface area (Å²) >= 11 is 6.80. The summed E-state index contributed by atoms with van der Waals surface area (Å²) in [5, 5.41) is 10.7. The number of nitrogen functional groups attached to an aromatic ring is 1. The Bertz CT molecular complexity index is 1610. The number of nitrogens with two attached hydrogens (primary N) is 1. The number of hydrogen-bond acceptors (Lipinski definition) is 6. The van der Waals surface area contributed by atoms with Gasteiger partial charge in [-0.15, -0.1) is 0 Å². The first-order valence-electron chi connectivity index (χ1n) is 12.1. The Morgan fingerprint density at radius 2 is 1.92 bits per heavy atom. The number of phenols is 1. The van der Waals surface area contributed by atoms with Crippen LogP contribution in [0.3, 0.4) is 0 Å². The zero-order valence-electron chi connectivity index (χ0n) is 21.2. The van der Waals surface area contributed by atoms with Crippen molar-refractivity contribution in [1.82, 2.24) is 19.4 Å². The number of pyridine rings is 1. The number of aromatic hydroxyl groups is 1. The summed E-state index contributed by atoms with van der Waals surface area (Å²) in [6.45, 7) is 8.47. The maximum atomic E-state index is 10.1. The lowest BCUT2D eigenvalue weighted by Gasteiger charge is -2.22. The number of anilines is 1. The monoisotopic (exact) mass is 513 g/mol. The van der Waals surface area contributed by atoms with Gasteiger partial charge in [-0.2, -0.15) is 0 Å². The first kappa shape index (κ1) is 24.6. The van der Waals surface area contributed by atoms with Crippen molar-refractivity contribution in [2.45, 2.75) is 33.6 Å². The van der Waals surface area contributed by atoms with Gasteiger partial charge in [0, 0.05) is 57.5 Å². The van der Waals surface area contributed by atoms with Crippen LogP contribution >= 0.6 is 11.6 Å². The largest absolute Gasteiger partial charge is 0.508 e. The molecule has 0 spiro atoms. The predicted molar refractivity (Wildman–Crippen MR) is 147 cm³/mol. The molecule has 3 heterocycles. The molecule has 0 saturated carbocycles. The van der Waals surface area contributed by atoms with Crippen molar-refractivity contribution in [3.05, 3.63) is 88.7 Å². The van der Waals surface area contributed by atoms with Gasteiger partial charge in [0.1, 0.15) is 34.4 Å². The minimum absolute atomic E-state index is 0.149. The molecular weight excluding hydrogens is 486 g/mol. The molecule has 0 fully saturated rings. The number of hydrogen-bond donors (Lipinski definition) is 2. The molecule has 3 N–H and O–H groups in total. The SMILES string of the molecule is CCOc1c(C(C)c2nc(-c3cccc(O)c3)c3c(N)nccn23)cc(Cl)c(C)c1-c1ccc(C)nc1. The molecule has 0 aliphatic carbocycles. The number of aryl methyl sites for hydroxylation is 1. The minimum atomic E-state index is -0.225. The van der Waals surface area contributed by atoms with E-state index in [9.17, 15) is 5.11 Å². The Morgan fingerprint density at radius 1 is 1.11 bits per heavy atom. The molecule has 5 aromatic rings. The van der Waals surface area contributed by atoms with E-state index in [2.05, 4.69) is 16.9 Å². The third-order valence-electron chi connectivity index (χ3n) is 6.58. The average molecular weight is 514 g/mol. The topological polar surface area (TPSA) is 98.6 Å². The van der Waals surface area contributed by atoms with Gasteiger partial charge in [-0.05, 0) is 50.6 Å². The molecule has 0 amide bonds. The van der Waals surface area contributed by atoms with Gasteiger partial charge in [0.25, 0.3) is 0 Å². The maximum absolute atomic E-state index is 10.1. The van der Waals surface area contributed by atoms with E-state index in [0.29, 0.717) is 28.7 Å². The van der Waals surface area contributed by atoms with Crippen molar-refractivity contribution in [3.8, 4) is 33.9 Å². The Labute approximate surface area is 220 Å². The number of benzene rings is 2. The zero-order valence-corrected chi connectivity index (χ0v) is 21.9. The van der Waals surface area contributed by atoms with Crippen LogP contribution in [0.5, 0.6) is 11.5 Å². The van der Waals surface area contributed by atoms with E-state index in [1.165, 1.54) is 0 Å². The second kappa shape index (κ2) is 9.75. The number of phenolic OH excluding ortho intramolecular Hbond substituents is 1.